The predicted molar refractivity (Wildman–Crippen MR) is 166 cm³/mol. The van der Waals surface area contributed by atoms with Crippen LogP contribution in [0.4, 0.5) is 11.4 Å². The van der Waals surface area contributed by atoms with E-state index < -0.39 is 0 Å². The van der Waals surface area contributed by atoms with Crippen molar-refractivity contribution in [3.05, 3.63) is 126 Å². The van der Waals surface area contributed by atoms with E-state index in [0.29, 0.717) is 6.54 Å². The van der Waals surface area contributed by atoms with Crippen molar-refractivity contribution in [2.24, 2.45) is 0 Å². The molecule has 0 unspecified atom stereocenters. The molecule has 1 fully saturated rings. The van der Waals surface area contributed by atoms with Gasteiger partial charge >= 0.3 is 0 Å². The second-order valence-electron chi connectivity index (χ2n) is 10.5. The summed E-state index contributed by atoms with van der Waals surface area (Å²) in [5, 5.41) is 0. The average Bonchev–Trinajstić information content (AvgIpc) is 3.04. The molecule has 210 valence electrons. The molecular formula is C35H38N4O2. The number of amides is 1. The Morgan fingerprint density at radius 2 is 1.54 bits per heavy atom. The molecule has 1 aromatic heterocycles. The van der Waals surface area contributed by atoms with E-state index in [-0.39, 0.29) is 11.9 Å². The molecule has 6 nitrogen and oxygen atoms in total. The zero-order valence-corrected chi connectivity index (χ0v) is 23.9. The van der Waals surface area contributed by atoms with Gasteiger partial charge in [-0.3, -0.25) is 14.7 Å². The minimum absolute atomic E-state index is 0.0235. The Balaban J connectivity index is 1.31. The number of likely N-dealkylation sites (tertiary alicyclic amines) is 1. The van der Waals surface area contributed by atoms with Crippen LogP contribution in [0.3, 0.4) is 0 Å². The lowest BCUT2D eigenvalue weighted by atomic mass is 10.0. The summed E-state index contributed by atoms with van der Waals surface area (Å²) >= 11 is 0. The van der Waals surface area contributed by atoms with E-state index in [0.717, 1.165) is 60.7 Å². The zero-order chi connectivity index (χ0) is 28.4. The number of hydrogen-bond donors (Lipinski definition) is 0. The van der Waals surface area contributed by atoms with Crippen molar-refractivity contribution in [1.82, 2.24) is 14.8 Å². The number of para-hydroxylation sites is 1. The fraction of sp³-hybridized carbons (Fsp3) is 0.257. The summed E-state index contributed by atoms with van der Waals surface area (Å²) in [4.78, 5) is 24.5. The van der Waals surface area contributed by atoms with E-state index in [9.17, 15) is 4.79 Å². The van der Waals surface area contributed by atoms with Gasteiger partial charge in [-0.05, 0) is 60.4 Å². The van der Waals surface area contributed by atoms with E-state index in [1.165, 1.54) is 5.56 Å². The predicted octanol–water partition coefficient (Wildman–Crippen LogP) is 6.56. The molecule has 1 amide bonds. The Kier molecular flexibility index (Phi) is 9.45. The lowest BCUT2D eigenvalue weighted by Crippen LogP contribution is -2.46. The number of pyridine rings is 1. The van der Waals surface area contributed by atoms with Crippen LogP contribution in [0.25, 0.3) is 6.08 Å². The van der Waals surface area contributed by atoms with Gasteiger partial charge in [-0.25, -0.2) is 0 Å². The number of benzene rings is 3. The highest BCUT2D eigenvalue weighted by atomic mass is 16.5. The largest absolute Gasteiger partial charge is 0.496 e. The number of piperidine rings is 1. The monoisotopic (exact) mass is 546 g/mol. The summed E-state index contributed by atoms with van der Waals surface area (Å²) in [6.45, 7) is 3.45. The van der Waals surface area contributed by atoms with Gasteiger partial charge < -0.3 is 14.5 Å². The molecule has 0 radical (unpaired) electrons. The Hall–Kier alpha value is -4.42. The van der Waals surface area contributed by atoms with Gasteiger partial charge in [-0.2, -0.15) is 0 Å². The number of carbonyl (C=O) groups is 1. The third-order valence-electron chi connectivity index (χ3n) is 7.80. The molecule has 2 heterocycles. The van der Waals surface area contributed by atoms with Crippen molar-refractivity contribution in [2.75, 3.05) is 32.1 Å². The van der Waals surface area contributed by atoms with Gasteiger partial charge in [0.25, 0.3) is 0 Å². The van der Waals surface area contributed by atoms with E-state index >= 15 is 0 Å². The van der Waals surface area contributed by atoms with E-state index in [1.807, 2.05) is 54.4 Å². The number of nitrogens with zero attached hydrogens (tertiary/aromatic N) is 4. The van der Waals surface area contributed by atoms with Crippen molar-refractivity contribution >= 4 is 23.4 Å². The highest BCUT2D eigenvalue weighted by molar-refractivity contribution is 5.92. The lowest BCUT2D eigenvalue weighted by Gasteiger charge is -2.38. The van der Waals surface area contributed by atoms with Crippen molar-refractivity contribution in [3.8, 4) is 5.75 Å². The Morgan fingerprint density at radius 3 is 2.24 bits per heavy atom. The molecule has 0 N–H and O–H groups in total. The van der Waals surface area contributed by atoms with Gasteiger partial charge in [0.15, 0.2) is 0 Å². The van der Waals surface area contributed by atoms with Crippen LogP contribution in [0, 0.1) is 0 Å². The SMILES string of the molecule is COc1ccccc1/C=C/C(=O)N(Cc1ccc(N(C)c2ccncc2)cc1)C1CCN(Cc2ccccc2)CC1. The van der Waals surface area contributed by atoms with E-state index in [2.05, 4.69) is 69.4 Å². The molecule has 0 atom stereocenters. The second kappa shape index (κ2) is 13.8. The van der Waals surface area contributed by atoms with E-state index in [4.69, 9.17) is 4.74 Å². The molecular weight excluding hydrogens is 508 g/mol. The third-order valence-corrected chi connectivity index (χ3v) is 7.80. The van der Waals surface area contributed by atoms with Gasteiger partial charge in [-0.1, -0.05) is 60.7 Å². The molecule has 6 heteroatoms. The minimum atomic E-state index is 0.0235. The molecule has 1 saturated heterocycles. The topological polar surface area (TPSA) is 48.9 Å². The maximum atomic E-state index is 13.7. The van der Waals surface area contributed by atoms with Crippen LogP contribution in [0.15, 0.2) is 109 Å². The normalized spacial score (nSPS) is 14.2. The first-order valence-corrected chi connectivity index (χ1v) is 14.2. The summed E-state index contributed by atoms with van der Waals surface area (Å²) in [6, 6.07) is 31.0. The summed E-state index contributed by atoms with van der Waals surface area (Å²) in [6.07, 6.45) is 9.06. The molecule has 5 rings (SSSR count). The zero-order valence-electron chi connectivity index (χ0n) is 23.9. The van der Waals surface area contributed by atoms with Crippen LogP contribution in [-0.2, 0) is 17.9 Å². The van der Waals surface area contributed by atoms with E-state index in [1.54, 1.807) is 25.6 Å². The highest BCUT2D eigenvalue weighted by Crippen LogP contribution is 2.26. The highest BCUT2D eigenvalue weighted by Gasteiger charge is 2.27. The van der Waals surface area contributed by atoms with Gasteiger partial charge in [0.2, 0.25) is 5.91 Å². The summed E-state index contributed by atoms with van der Waals surface area (Å²) in [5.74, 6) is 0.779. The fourth-order valence-electron chi connectivity index (χ4n) is 5.42. The molecule has 41 heavy (non-hydrogen) atoms. The van der Waals surface area contributed by atoms with Gasteiger partial charge in [0.1, 0.15) is 5.75 Å². The number of aromatic nitrogens is 1. The Bertz CT molecular complexity index is 1420. The minimum Gasteiger partial charge on any atom is -0.496 e. The maximum absolute atomic E-state index is 13.7. The van der Waals surface area contributed by atoms with Crippen molar-refractivity contribution < 1.29 is 9.53 Å². The molecule has 0 saturated carbocycles. The van der Waals surface area contributed by atoms with Gasteiger partial charge in [0, 0.05) is 74.7 Å². The van der Waals surface area contributed by atoms with Crippen LogP contribution in [0.2, 0.25) is 0 Å². The first kappa shape index (κ1) is 28.1. The molecule has 1 aliphatic heterocycles. The fourth-order valence-corrected chi connectivity index (χ4v) is 5.42. The molecule has 0 spiro atoms. The van der Waals surface area contributed by atoms with Crippen LogP contribution < -0.4 is 9.64 Å². The average molecular weight is 547 g/mol. The molecule has 0 bridgehead atoms. The smallest absolute Gasteiger partial charge is 0.247 e. The number of rotatable bonds is 10. The standard InChI is InChI=1S/C35H38N4O2/c1-37(32-18-22-36-23-19-32)31-15-12-29(13-16-31)27-39(35(40)17-14-30-10-6-7-11-34(30)41-2)33-20-24-38(25-21-33)26-28-8-4-3-5-9-28/h3-19,22-23,33H,20-21,24-27H2,1-2H3/b17-14+. The van der Waals surface area contributed by atoms with Crippen molar-refractivity contribution in [1.29, 1.82) is 0 Å². The number of hydrogen-bond acceptors (Lipinski definition) is 5. The van der Waals surface area contributed by atoms with Crippen molar-refractivity contribution in [3.63, 3.8) is 0 Å². The van der Waals surface area contributed by atoms with Crippen LogP contribution in [0.1, 0.15) is 29.5 Å². The molecule has 1 aliphatic rings. The number of anilines is 2. The Labute approximate surface area is 243 Å². The number of ether oxygens (including phenoxy) is 1. The van der Waals surface area contributed by atoms with Crippen LogP contribution >= 0.6 is 0 Å². The maximum Gasteiger partial charge on any atom is 0.247 e. The Morgan fingerprint density at radius 1 is 0.878 bits per heavy atom. The summed E-state index contributed by atoms with van der Waals surface area (Å²) in [5.41, 5.74) is 5.50. The molecule has 4 aromatic rings. The first-order chi connectivity index (χ1) is 20.1. The molecule has 3 aromatic carbocycles. The summed E-state index contributed by atoms with van der Waals surface area (Å²) < 4.78 is 5.48. The van der Waals surface area contributed by atoms with Gasteiger partial charge in [-0.15, -0.1) is 0 Å². The van der Waals surface area contributed by atoms with Crippen LogP contribution in [-0.4, -0.2) is 54.0 Å². The second-order valence-corrected chi connectivity index (χ2v) is 10.5. The third kappa shape index (κ3) is 7.41. The first-order valence-electron chi connectivity index (χ1n) is 14.2. The van der Waals surface area contributed by atoms with Gasteiger partial charge in [0.05, 0.1) is 7.11 Å². The quantitative estimate of drug-likeness (QED) is 0.211. The number of methoxy groups -OCH3 is 1. The molecule has 0 aliphatic carbocycles. The van der Waals surface area contributed by atoms with Crippen LogP contribution in [0.5, 0.6) is 5.75 Å². The number of carbonyl (C=O) groups excluding carboxylic acids is 1. The lowest BCUT2D eigenvalue weighted by molar-refractivity contribution is -0.130. The summed E-state index contributed by atoms with van der Waals surface area (Å²) in [7, 11) is 3.70. The van der Waals surface area contributed by atoms with Crippen molar-refractivity contribution in [2.45, 2.75) is 32.0 Å².